The maximum atomic E-state index is 13.2. The second-order valence-electron chi connectivity index (χ2n) is 7.70. The largest absolute Gasteiger partial charge is 0.360 e. The minimum atomic E-state index is 0.105. The summed E-state index contributed by atoms with van der Waals surface area (Å²) in [4.78, 5) is 19.5. The second-order valence-corrected chi connectivity index (χ2v) is 7.70. The van der Waals surface area contributed by atoms with Crippen LogP contribution in [0.4, 0.5) is 0 Å². The monoisotopic (exact) mass is 396 g/mol. The maximum absolute atomic E-state index is 13.2. The standard InChI is InChI=1S/C25H24N4O/c1-27-19-29(17-22-11-9-21(16-26)10-12-22)25(30)23-18-28(15-13-24(23)27)14-5-8-20-6-3-2-4-7-20/h2-4,6-7,9-12H,13-15,17-19H2,1H3. The molecule has 2 heterocycles. The summed E-state index contributed by atoms with van der Waals surface area (Å²) in [5.74, 6) is 6.55. The highest BCUT2D eigenvalue weighted by Gasteiger charge is 2.33. The fourth-order valence-electron chi connectivity index (χ4n) is 3.95. The number of amides is 1. The van der Waals surface area contributed by atoms with Gasteiger partial charge in [-0.15, -0.1) is 0 Å². The summed E-state index contributed by atoms with van der Waals surface area (Å²) in [6.07, 6.45) is 0.870. The van der Waals surface area contributed by atoms with Gasteiger partial charge >= 0.3 is 0 Å². The molecule has 150 valence electrons. The Morgan fingerprint density at radius 2 is 1.80 bits per heavy atom. The Balaban J connectivity index is 1.43. The number of nitriles is 1. The molecule has 0 N–H and O–H groups in total. The molecule has 0 aliphatic carbocycles. The molecule has 1 amide bonds. The van der Waals surface area contributed by atoms with Crippen molar-refractivity contribution in [3.05, 3.63) is 82.6 Å². The quantitative estimate of drug-likeness (QED) is 0.749. The smallest absolute Gasteiger partial charge is 0.254 e. The van der Waals surface area contributed by atoms with Crippen LogP contribution in [0.15, 0.2) is 65.9 Å². The van der Waals surface area contributed by atoms with Crippen LogP contribution in [0.2, 0.25) is 0 Å². The lowest BCUT2D eigenvalue weighted by atomic mass is 10.0. The van der Waals surface area contributed by atoms with Crippen molar-refractivity contribution in [2.75, 3.05) is 33.4 Å². The van der Waals surface area contributed by atoms with Gasteiger partial charge in [-0.05, 0) is 29.8 Å². The van der Waals surface area contributed by atoms with E-state index < -0.39 is 0 Å². The molecule has 0 spiro atoms. The highest BCUT2D eigenvalue weighted by Crippen LogP contribution is 2.27. The molecule has 0 saturated carbocycles. The van der Waals surface area contributed by atoms with Gasteiger partial charge < -0.3 is 9.80 Å². The van der Waals surface area contributed by atoms with Crippen molar-refractivity contribution in [3.8, 4) is 17.9 Å². The third-order valence-electron chi connectivity index (χ3n) is 5.55. The van der Waals surface area contributed by atoms with E-state index in [1.165, 1.54) is 0 Å². The zero-order chi connectivity index (χ0) is 20.9. The summed E-state index contributed by atoms with van der Waals surface area (Å²) >= 11 is 0. The molecule has 2 aliphatic heterocycles. The fraction of sp³-hybridized carbons (Fsp3) is 0.280. The van der Waals surface area contributed by atoms with Crippen molar-refractivity contribution in [3.63, 3.8) is 0 Å². The van der Waals surface area contributed by atoms with Crippen LogP contribution in [0.1, 0.15) is 23.1 Å². The lowest BCUT2D eigenvalue weighted by Gasteiger charge is -2.42. The molecule has 0 aromatic heterocycles. The van der Waals surface area contributed by atoms with Gasteiger partial charge in [0.2, 0.25) is 0 Å². The van der Waals surface area contributed by atoms with E-state index in [4.69, 9.17) is 5.26 Å². The van der Waals surface area contributed by atoms with Crippen LogP contribution in [-0.4, -0.2) is 54.0 Å². The third kappa shape index (κ3) is 4.38. The Bertz CT molecular complexity index is 1050. The fourth-order valence-corrected chi connectivity index (χ4v) is 3.95. The highest BCUT2D eigenvalue weighted by molar-refractivity contribution is 5.95. The van der Waals surface area contributed by atoms with Gasteiger partial charge in [-0.3, -0.25) is 9.69 Å². The predicted octanol–water partition coefficient (Wildman–Crippen LogP) is 2.80. The van der Waals surface area contributed by atoms with E-state index in [0.29, 0.717) is 31.9 Å². The van der Waals surface area contributed by atoms with Crippen molar-refractivity contribution in [1.29, 1.82) is 5.26 Å². The van der Waals surface area contributed by atoms with Crippen molar-refractivity contribution in [2.24, 2.45) is 0 Å². The van der Waals surface area contributed by atoms with Crippen LogP contribution >= 0.6 is 0 Å². The van der Waals surface area contributed by atoms with Crippen LogP contribution in [0.5, 0.6) is 0 Å². The Morgan fingerprint density at radius 3 is 2.53 bits per heavy atom. The van der Waals surface area contributed by atoms with Crippen molar-refractivity contribution < 1.29 is 4.79 Å². The molecule has 2 aromatic rings. The molecule has 0 atom stereocenters. The minimum Gasteiger partial charge on any atom is -0.360 e. The zero-order valence-corrected chi connectivity index (χ0v) is 17.1. The summed E-state index contributed by atoms with van der Waals surface area (Å²) < 4.78 is 0. The number of carbonyl (C=O) groups is 1. The topological polar surface area (TPSA) is 50.6 Å². The summed E-state index contributed by atoms with van der Waals surface area (Å²) in [6.45, 7) is 3.32. The van der Waals surface area contributed by atoms with Gasteiger partial charge in [0, 0.05) is 44.4 Å². The number of carbonyl (C=O) groups excluding carboxylic acids is 1. The number of hydrogen-bond acceptors (Lipinski definition) is 4. The van der Waals surface area contributed by atoms with E-state index in [1.54, 1.807) is 12.1 Å². The van der Waals surface area contributed by atoms with Gasteiger partial charge in [-0.1, -0.05) is 42.2 Å². The summed E-state index contributed by atoms with van der Waals surface area (Å²) in [5, 5.41) is 8.97. The molecule has 0 unspecified atom stereocenters. The van der Waals surface area contributed by atoms with Crippen molar-refractivity contribution >= 4 is 5.91 Å². The Labute approximate surface area is 177 Å². The summed E-state index contributed by atoms with van der Waals surface area (Å²) in [7, 11) is 2.05. The average Bonchev–Trinajstić information content (AvgIpc) is 2.78. The number of rotatable bonds is 3. The van der Waals surface area contributed by atoms with Gasteiger partial charge in [0.15, 0.2) is 0 Å². The van der Waals surface area contributed by atoms with Crippen LogP contribution in [0.25, 0.3) is 0 Å². The van der Waals surface area contributed by atoms with Gasteiger partial charge in [-0.25, -0.2) is 0 Å². The molecule has 5 nitrogen and oxygen atoms in total. The molecular weight excluding hydrogens is 372 g/mol. The lowest BCUT2D eigenvalue weighted by Crippen LogP contribution is -2.50. The van der Waals surface area contributed by atoms with Crippen LogP contribution in [-0.2, 0) is 11.3 Å². The third-order valence-corrected chi connectivity index (χ3v) is 5.55. The molecule has 2 aliphatic rings. The number of nitrogens with zero attached hydrogens (tertiary/aromatic N) is 4. The second kappa shape index (κ2) is 8.86. The number of benzene rings is 2. The molecule has 0 saturated heterocycles. The first kappa shape index (κ1) is 19.8. The van der Waals surface area contributed by atoms with Crippen LogP contribution in [0.3, 0.4) is 0 Å². The van der Waals surface area contributed by atoms with Crippen molar-refractivity contribution in [2.45, 2.75) is 13.0 Å². The summed E-state index contributed by atoms with van der Waals surface area (Å²) in [5.41, 5.74) is 4.71. The van der Waals surface area contributed by atoms with E-state index in [2.05, 4.69) is 34.8 Å². The van der Waals surface area contributed by atoms with Gasteiger partial charge in [-0.2, -0.15) is 5.26 Å². The molecular formula is C25H24N4O. The normalized spacial score (nSPS) is 16.6. The van der Waals surface area contributed by atoms with E-state index >= 15 is 0 Å². The molecule has 0 radical (unpaired) electrons. The average molecular weight is 396 g/mol. The van der Waals surface area contributed by atoms with E-state index in [1.807, 2.05) is 47.4 Å². The molecule has 5 heteroatoms. The van der Waals surface area contributed by atoms with Crippen LogP contribution in [0, 0.1) is 23.2 Å². The molecule has 0 bridgehead atoms. The lowest BCUT2D eigenvalue weighted by molar-refractivity contribution is -0.131. The van der Waals surface area contributed by atoms with Gasteiger partial charge in [0.1, 0.15) is 0 Å². The highest BCUT2D eigenvalue weighted by atomic mass is 16.2. The summed E-state index contributed by atoms with van der Waals surface area (Å²) in [6, 6.07) is 19.5. The molecule has 0 fully saturated rings. The Morgan fingerprint density at radius 1 is 1.03 bits per heavy atom. The first-order valence-corrected chi connectivity index (χ1v) is 10.1. The Hall–Kier alpha value is -3.54. The SMILES string of the molecule is CN1CN(Cc2ccc(C#N)cc2)C(=O)C2=C1CCN(CC#Cc1ccccc1)C2. The van der Waals surface area contributed by atoms with Crippen molar-refractivity contribution in [1.82, 2.24) is 14.7 Å². The van der Waals surface area contributed by atoms with E-state index in [9.17, 15) is 4.79 Å². The predicted molar refractivity (Wildman–Crippen MR) is 116 cm³/mol. The maximum Gasteiger partial charge on any atom is 0.254 e. The van der Waals surface area contributed by atoms with Gasteiger partial charge in [0.25, 0.3) is 5.91 Å². The van der Waals surface area contributed by atoms with E-state index in [-0.39, 0.29) is 5.91 Å². The first-order valence-electron chi connectivity index (χ1n) is 10.1. The van der Waals surface area contributed by atoms with Gasteiger partial charge in [0.05, 0.1) is 30.4 Å². The Kier molecular flexibility index (Phi) is 5.84. The molecule has 2 aromatic carbocycles. The number of hydrogen-bond donors (Lipinski definition) is 0. The van der Waals surface area contributed by atoms with E-state index in [0.717, 1.165) is 35.4 Å². The minimum absolute atomic E-state index is 0.105. The first-order chi connectivity index (χ1) is 14.6. The molecule has 30 heavy (non-hydrogen) atoms. The van der Waals surface area contributed by atoms with Crippen LogP contribution < -0.4 is 0 Å². The zero-order valence-electron chi connectivity index (χ0n) is 17.1. The molecule has 4 rings (SSSR count).